The van der Waals surface area contributed by atoms with E-state index in [1.54, 1.807) is 42.6 Å². The van der Waals surface area contributed by atoms with Crippen LogP contribution in [0.1, 0.15) is 5.56 Å². The first-order valence-corrected chi connectivity index (χ1v) is 10.6. The Morgan fingerprint density at radius 1 is 0.848 bits per heavy atom. The van der Waals surface area contributed by atoms with Gasteiger partial charge >= 0.3 is 0 Å². The topological polar surface area (TPSA) is 71.5 Å². The fraction of sp³-hybridized carbons (Fsp3) is 0. The molecular formula is C26H17N3O3S. The molecule has 0 aliphatic carbocycles. The lowest BCUT2D eigenvalue weighted by molar-refractivity contribution is -0.122. The Morgan fingerprint density at radius 3 is 2.33 bits per heavy atom. The average molecular weight is 452 g/mol. The average Bonchev–Trinajstić information content (AvgIpc) is 2.83. The van der Waals surface area contributed by atoms with E-state index in [1.165, 1.54) is 4.90 Å². The third kappa shape index (κ3) is 4.09. The number of aromatic nitrogens is 1. The minimum Gasteiger partial charge on any atom is -0.457 e. The lowest BCUT2D eigenvalue weighted by Gasteiger charge is -2.29. The SMILES string of the molecule is O=C1NC(=S)N(c2ccc(Oc3ccccc3)cc2)C(=O)C1=Cc1ccnc2ccccc12. The van der Waals surface area contributed by atoms with Gasteiger partial charge in [0.1, 0.15) is 17.1 Å². The number of benzene rings is 3. The van der Waals surface area contributed by atoms with Crippen LogP contribution < -0.4 is 15.0 Å². The first kappa shape index (κ1) is 20.5. The number of hydrogen-bond acceptors (Lipinski definition) is 5. The second kappa shape index (κ2) is 8.64. The van der Waals surface area contributed by atoms with Crippen LogP contribution in [0.25, 0.3) is 17.0 Å². The zero-order valence-corrected chi connectivity index (χ0v) is 18.1. The van der Waals surface area contributed by atoms with Gasteiger partial charge in [0, 0.05) is 11.6 Å². The molecule has 1 saturated heterocycles. The lowest BCUT2D eigenvalue weighted by Crippen LogP contribution is -2.54. The summed E-state index contributed by atoms with van der Waals surface area (Å²) in [5, 5.41) is 3.48. The lowest BCUT2D eigenvalue weighted by atomic mass is 10.0. The summed E-state index contributed by atoms with van der Waals surface area (Å²) in [6.07, 6.45) is 3.22. The number of rotatable bonds is 4. The van der Waals surface area contributed by atoms with Gasteiger partial charge in [-0.05, 0) is 72.4 Å². The van der Waals surface area contributed by atoms with E-state index in [0.29, 0.717) is 17.2 Å². The van der Waals surface area contributed by atoms with Gasteiger partial charge in [-0.2, -0.15) is 0 Å². The van der Waals surface area contributed by atoms with Gasteiger partial charge in [0.2, 0.25) is 0 Å². The number of thiocarbonyl (C=S) groups is 1. The van der Waals surface area contributed by atoms with E-state index in [2.05, 4.69) is 10.3 Å². The summed E-state index contributed by atoms with van der Waals surface area (Å²) in [5.41, 5.74) is 2.01. The van der Waals surface area contributed by atoms with E-state index in [4.69, 9.17) is 17.0 Å². The number of carbonyl (C=O) groups excluding carboxylic acids is 2. The van der Waals surface area contributed by atoms with Crippen molar-refractivity contribution in [2.45, 2.75) is 0 Å². The minimum absolute atomic E-state index is 0.00966. The van der Waals surface area contributed by atoms with Crippen molar-refractivity contribution >= 4 is 51.8 Å². The molecule has 3 aromatic carbocycles. The Labute approximate surface area is 195 Å². The number of carbonyl (C=O) groups is 2. The summed E-state index contributed by atoms with van der Waals surface area (Å²) < 4.78 is 5.81. The van der Waals surface area contributed by atoms with Gasteiger partial charge < -0.3 is 4.74 Å². The molecule has 1 aliphatic heterocycles. The number of amides is 2. The molecule has 33 heavy (non-hydrogen) atoms. The van der Waals surface area contributed by atoms with Crippen LogP contribution >= 0.6 is 12.2 Å². The maximum Gasteiger partial charge on any atom is 0.270 e. The molecule has 2 amide bonds. The van der Waals surface area contributed by atoms with Crippen LogP contribution in [0.3, 0.4) is 0 Å². The van der Waals surface area contributed by atoms with Gasteiger partial charge in [0.15, 0.2) is 5.11 Å². The number of nitrogens with zero attached hydrogens (tertiary/aromatic N) is 2. The molecule has 4 aromatic rings. The van der Waals surface area contributed by atoms with Crippen LogP contribution in [0.4, 0.5) is 5.69 Å². The van der Waals surface area contributed by atoms with Crippen LogP contribution in [0.15, 0.2) is 96.7 Å². The molecule has 0 radical (unpaired) electrons. The molecule has 0 unspecified atom stereocenters. The van der Waals surface area contributed by atoms with Gasteiger partial charge in [0.25, 0.3) is 11.8 Å². The molecule has 6 nitrogen and oxygen atoms in total. The highest BCUT2D eigenvalue weighted by Gasteiger charge is 2.34. The Balaban J connectivity index is 1.46. The summed E-state index contributed by atoms with van der Waals surface area (Å²) in [6, 6.07) is 25.6. The molecule has 0 spiro atoms. The van der Waals surface area contributed by atoms with E-state index in [9.17, 15) is 9.59 Å². The number of pyridine rings is 1. The smallest absolute Gasteiger partial charge is 0.270 e. The molecule has 1 N–H and O–H groups in total. The largest absolute Gasteiger partial charge is 0.457 e. The van der Waals surface area contributed by atoms with E-state index >= 15 is 0 Å². The molecular weight excluding hydrogens is 434 g/mol. The van der Waals surface area contributed by atoms with Crippen molar-refractivity contribution in [3.05, 3.63) is 102 Å². The van der Waals surface area contributed by atoms with Crippen LogP contribution in [-0.4, -0.2) is 21.9 Å². The van der Waals surface area contributed by atoms with E-state index < -0.39 is 11.8 Å². The number of para-hydroxylation sites is 2. The van der Waals surface area contributed by atoms with Gasteiger partial charge in [-0.3, -0.25) is 24.8 Å². The summed E-state index contributed by atoms with van der Waals surface area (Å²) in [7, 11) is 0. The quantitative estimate of drug-likeness (QED) is 0.273. The van der Waals surface area contributed by atoms with Crippen LogP contribution in [-0.2, 0) is 9.59 Å². The molecule has 0 bridgehead atoms. The second-order valence-electron chi connectivity index (χ2n) is 7.28. The molecule has 1 fully saturated rings. The van der Waals surface area contributed by atoms with E-state index in [1.807, 2.05) is 54.6 Å². The molecule has 0 saturated carbocycles. The van der Waals surface area contributed by atoms with E-state index in [-0.39, 0.29) is 10.7 Å². The molecule has 1 aliphatic rings. The fourth-order valence-corrected chi connectivity index (χ4v) is 3.86. The number of ether oxygens (including phenoxy) is 1. The first-order valence-electron chi connectivity index (χ1n) is 10.2. The molecule has 5 rings (SSSR count). The predicted molar refractivity (Wildman–Crippen MR) is 131 cm³/mol. The molecule has 0 atom stereocenters. The second-order valence-corrected chi connectivity index (χ2v) is 7.67. The van der Waals surface area contributed by atoms with Crippen molar-refractivity contribution in [3.63, 3.8) is 0 Å². The maximum atomic E-state index is 13.3. The highest BCUT2D eigenvalue weighted by Crippen LogP contribution is 2.27. The summed E-state index contributed by atoms with van der Waals surface area (Å²) >= 11 is 5.30. The molecule has 1 aromatic heterocycles. The first-order chi connectivity index (χ1) is 16.1. The monoisotopic (exact) mass is 451 g/mol. The predicted octanol–water partition coefficient (Wildman–Crippen LogP) is 4.86. The minimum atomic E-state index is -0.536. The highest BCUT2D eigenvalue weighted by molar-refractivity contribution is 7.80. The normalized spacial score (nSPS) is 15.1. The summed E-state index contributed by atoms with van der Waals surface area (Å²) in [5.74, 6) is 0.285. The standard InChI is InChI=1S/C26H17N3O3S/c30-24-22(16-17-14-15-27-23-9-5-4-8-21(17)23)25(31)29(26(33)28-24)18-10-12-20(13-11-18)32-19-6-2-1-3-7-19/h1-16H,(H,28,30,33). The number of nitrogens with one attached hydrogen (secondary N) is 1. The maximum absolute atomic E-state index is 13.3. The van der Waals surface area contributed by atoms with Gasteiger partial charge in [0.05, 0.1) is 11.2 Å². The zero-order chi connectivity index (χ0) is 22.8. The van der Waals surface area contributed by atoms with Crippen LogP contribution in [0.2, 0.25) is 0 Å². The van der Waals surface area contributed by atoms with Crippen molar-refractivity contribution < 1.29 is 14.3 Å². The molecule has 2 heterocycles. The zero-order valence-electron chi connectivity index (χ0n) is 17.3. The van der Waals surface area contributed by atoms with Crippen molar-refractivity contribution in [1.29, 1.82) is 0 Å². The fourth-order valence-electron chi connectivity index (χ4n) is 3.58. The summed E-state index contributed by atoms with van der Waals surface area (Å²) in [6.45, 7) is 0. The third-order valence-electron chi connectivity index (χ3n) is 5.16. The molecule has 7 heteroatoms. The van der Waals surface area contributed by atoms with Crippen molar-refractivity contribution in [3.8, 4) is 11.5 Å². The van der Waals surface area contributed by atoms with E-state index in [0.717, 1.165) is 16.5 Å². The number of fused-ring (bicyclic) bond motifs is 1. The Hall–Kier alpha value is -4.36. The van der Waals surface area contributed by atoms with Crippen molar-refractivity contribution in [2.75, 3.05) is 4.90 Å². The third-order valence-corrected chi connectivity index (χ3v) is 5.44. The Kier molecular flexibility index (Phi) is 5.38. The van der Waals surface area contributed by atoms with Crippen LogP contribution in [0, 0.1) is 0 Å². The van der Waals surface area contributed by atoms with Crippen LogP contribution in [0.5, 0.6) is 11.5 Å². The van der Waals surface area contributed by atoms with Crippen molar-refractivity contribution in [2.24, 2.45) is 0 Å². The van der Waals surface area contributed by atoms with Gasteiger partial charge in [-0.1, -0.05) is 36.4 Å². The van der Waals surface area contributed by atoms with Crippen molar-refractivity contribution in [1.82, 2.24) is 10.3 Å². The number of hydrogen-bond donors (Lipinski definition) is 1. The highest BCUT2D eigenvalue weighted by atomic mass is 32.1. The Bertz CT molecular complexity index is 1410. The van der Waals surface area contributed by atoms with Gasteiger partial charge in [-0.15, -0.1) is 0 Å². The summed E-state index contributed by atoms with van der Waals surface area (Å²) in [4.78, 5) is 31.6. The number of anilines is 1. The van der Waals surface area contributed by atoms with Gasteiger partial charge in [-0.25, -0.2) is 0 Å². The molecule has 160 valence electrons. The Morgan fingerprint density at radius 2 is 1.55 bits per heavy atom.